The standard InChI is InChI=1S/C26H24ClN3O3S/c1-18-6-2-3-7-20(18)15-30-23-9-5-4-8-22(23)29-26(30)34-17-25(32)33-16-24(31)28-14-19-10-12-21(27)13-11-19/h2-13H,14-17H2,1H3,(H,28,31). The number of nitrogens with zero attached hydrogens (tertiary/aromatic N) is 2. The maximum atomic E-state index is 12.3. The van der Waals surface area contributed by atoms with Crippen molar-refractivity contribution in [2.24, 2.45) is 0 Å². The third kappa shape index (κ3) is 6.18. The number of esters is 1. The summed E-state index contributed by atoms with van der Waals surface area (Å²) in [6, 6.07) is 23.3. The molecule has 4 rings (SSSR count). The van der Waals surface area contributed by atoms with E-state index < -0.39 is 5.97 Å². The van der Waals surface area contributed by atoms with Gasteiger partial charge >= 0.3 is 5.97 Å². The van der Waals surface area contributed by atoms with Gasteiger partial charge in [0.2, 0.25) is 0 Å². The van der Waals surface area contributed by atoms with E-state index >= 15 is 0 Å². The van der Waals surface area contributed by atoms with Gasteiger partial charge in [0.15, 0.2) is 11.8 Å². The molecule has 0 aliphatic carbocycles. The molecule has 6 nitrogen and oxygen atoms in total. The van der Waals surface area contributed by atoms with Crippen molar-refractivity contribution in [3.05, 3.63) is 94.5 Å². The van der Waals surface area contributed by atoms with Crippen LogP contribution in [0, 0.1) is 6.92 Å². The minimum absolute atomic E-state index is 0.0571. The first kappa shape index (κ1) is 23.9. The molecule has 1 heterocycles. The lowest BCUT2D eigenvalue weighted by Gasteiger charge is -2.11. The first-order valence-corrected chi connectivity index (χ1v) is 12.2. The van der Waals surface area contributed by atoms with Gasteiger partial charge in [0.1, 0.15) is 0 Å². The fourth-order valence-corrected chi connectivity index (χ4v) is 4.38. The number of aryl methyl sites for hydroxylation is 1. The molecule has 8 heteroatoms. The van der Waals surface area contributed by atoms with E-state index in [0.717, 1.165) is 21.8 Å². The molecule has 0 spiro atoms. The Labute approximate surface area is 207 Å². The van der Waals surface area contributed by atoms with Gasteiger partial charge < -0.3 is 14.6 Å². The van der Waals surface area contributed by atoms with Gasteiger partial charge in [0.25, 0.3) is 5.91 Å². The number of imidazole rings is 1. The molecule has 0 bridgehead atoms. The SMILES string of the molecule is Cc1ccccc1Cn1c(SCC(=O)OCC(=O)NCc2ccc(Cl)cc2)nc2ccccc21. The van der Waals surface area contributed by atoms with Gasteiger partial charge in [-0.3, -0.25) is 9.59 Å². The van der Waals surface area contributed by atoms with Crippen molar-refractivity contribution in [2.45, 2.75) is 25.2 Å². The summed E-state index contributed by atoms with van der Waals surface area (Å²) in [5, 5.41) is 4.09. The molecular formula is C26H24ClN3O3S. The number of benzene rings is 3. The predicted molar refractivity (Wildman–Crippen MR) is 135 cm³/mol. The van der Waals surface area contributed by atoms with E-state index in [4.69, 9.17) is 21.3 Å². The summed E-state index contributed by atoms with van der Waals surface area (Å²) < 4.78 is 7.26. The molecule has 1 aromatic heterocycles. The number of nitrogens with one attached hydrogen (secondary N) is 1. The van der Waals surface area contributed by atoms with Gasteiger partial charge in [0, 0.05) is 11.6 Å². The quantitative estimate of drug-likeness (QED) is 0.262. The highest BCUT2D eigenvalue weighted by atomic mass is 35.5. The molecule has 0 aliphatic rings. The van der Waals surface area contributed by atoms with Gasteiger partial charge in [-0.2, -0.15) is 0 Å². The summed E-state index contributed by atoms with van der Waals surface area (Å²) in [6.45, 7) is 2.74. The number of para-hydroxylation sites is 2. The Bertz CT molecular complexity index is 1300. The second-order valence-electron chi connectivity index (χ2n) is 7.75. The minimum Gasteiger partial charge on any atom is -0.455 e. The van der Waals surface area contributed by atoms with Crippen LogP contribution in [0.2, 0.25) is 5.02 Å². The number of carbonyl (C=O) groups excluding carboxylic acids is 2. The number of ether oxygens (including phenoxy) is 1. The summed E-state index contributed by atoms with van der Waals surface area (Å²) in [4.78, 5) is 29.0. The Kier molecular flexibility index (Phi) is 7.87. The lowest BCUT2D eigenvalue weighted by molar-refractivity contribution is -0.145. The molecule has 1 N–H and O–H groups in total. The molecule has 0 radical (unpaired) electrons. The molecule has 0 aliphatic heterocycles. The van der Waals surface area contributed by atoms with E-state index in [1.807, 2.05) is 48.5 Å². The van der Waals surface area contributed by atoms with E-state index in [1.165, 1.54) is 22.9 Å². The first-order valence-electron chi connectivity index (χ1n) is 10.8. The van der Waals surface area contributed by atoms with Crippen LogP contribution in [0.3, 0.4) is 0 Å². The van der Waals surface area contributed by atoms with Crippen molar-refractivity contribution >= 4 is 46.3 Å². The summed E-state index contributed by atoms with van der Waals surface area (Å²) >= 11 is 7.16. The van der Waals surface area contributed by atoms with E-state index in [-0.39, 0.29) is 18.3 Å². The summed E-state index contributed by atoms with van der Waals surface area (Å²) in [5.41, 5.74) is 5.16. The van der Waals surface area contributed by atoms with Crippen molar-refractivity contribution in [3.8, 4) is 0 Å². The van der Waals surface area contributed by atoms with Crippen molar-refractivity contribution in [3.63, 3.8) is 0 Å². The van der Waals surface area contributed by atoms with Crippen LogP contribution in [-0.2, 0) is 27.4 Å². The molecule has 174 valence electrons. The van der Waals surface area contributed by atoms with Gasteiger partial charge in [-0.05, 0) is 47.9 Å². The van der Waals surface area contributed by atoms with Crippen LogP contribution in [-0.4, -0.2) is 33.8 Å². The predicted octanol–water partition coefficient (Wildman–Crippen LogP) is 5.00. The zero-order valence-corrected chi connectivity index (χ0v) is 20.2. The number of fused-ring (bicyclic) bond motifs is 1. The normalized spacial score (nSPS) is 10.9. The zero-order chi connectivity index (χ0) is 23.9. The molecule has 0 saturated carbocycles. The van der Waals surface area contributed by atoms with Crippen molar-refractivity contribution in [2.75, 3.05) is 12.4 Å². The Morgan fingerprint density at radius 1 is 1.03 bits per heavy atom. The number of thioether (sulfide) groups is 1. The molecule has 0 atom stereocenters. The molecule has 34 heavy (non-hydrogen) atoms. The number of rotatable bonds is 9. The van der Waals surface area contributed by atoms with Crippen LogP contribution in [0.25, 0.3) is 11.0 Å². The molecular weight excluding hydrogens is 470 g/mol. The molecule has 0 unspecified atom stereocenters. The highest BCUT2D eigenvalue weighted by Crippen LogP contribution is 2.26. The van der Waals surface area contributed by atoms with Crippen molar-refractivity contribution < 1.29 is 14.3 Å². The smallest absolute Gasteiger partial charge is 0.316 e. The van der Waals surface area contributed by atoms with Crippen LogP contribution in [0.4, 0.5) is 0 Å². The fourth-order valence-electron chi connectivity index (χ4n) is 3.44. The van der Waals surface area contributed by atoms with Crippen LogP contribution in [0.5, 0.6) is 0 Å². The first-order chi connectivity index (χ1) is 16.5. The highest BCUT2D eigenvalue weighted by molar-refractivity contribution is 7.99. The maximum Gasteiger partial charge on any atom is 0.316 e. The van der Waals surface area contributed by atoms with Crippen LogP contribution >= 0.6 is 23.4 Å². The number of hydrogen-bond acceptors (Lipinski definition) is 5. The number of carbonyl (C=O) groups is 2. The number of aromatic nitrogens is 2. The van der Waals surface area contributed by atoms with Gasteiger partial charge in [0.05, 0.1) is 23.3 Å². The third-order valence-electron chi connectivity index (χ3n) is 5.30. The number of halogens is 1. The van der Waals surface area contributed by atoms with Gasteiger partial charge in [-0.1, -0.05) is 71.9 Å². The highest BCUT2D eigenvalue weighted by Gasteiger charge is 2.15. The van der Waals surface area contributed by atoms with Crippen LogP contribution < -0.4 is 5.32 Å². The molecule has 4 aromatic rings. The number of hydrogen-bond donors (Lipinski definition) is 1. The molecule has 0 saturated heterocycles. The summed E-state index contributed by atoms with van der Waals surface area (Å²) in [5.74, 6) is -0.775. The average molecular weight is 494 g/mol. The Hall–Kier alpha value is -3.29. The average Bonchev–Trinajstić information content (AvgIpc) is 3.19. The fraction of sp³-hybridized carbons (Fsp3) is 0.192. The van der Waals surface area contributed by atoms with Gasteiger partial charge in [-0.25, -0.2) is 4.98 Å². The number of amides is 1. The largest absolute Gasteiger partial charge is 0.455 e. The second kappa shape index (κ2) is 11.2. The van der Waals surface area contributed by atoms with Crippen LogP contribution in [0.1, 0.15) is 16.7 Å². The third-order valence-corrected chi connectivity index (χ3v) is 6.50. The van der Waals surface area contributed by atoms with Crippen LogP contribution in [0.15, 0.2) is 78.0 Å². The Morgan fingerprint density at radius 3 is 2.56 bits per heavy atom. The zero-order valence-electron chi connectivity index (χ0n) is 18.7. The second-order valence-corrected chi connectivity index (χ2v) is 9.13. The summed E-state index contributed by atoms with van der Waals surface area (Å²) in [7, 11) is 0. The lowest BCUT2D eigenvalue weighted by atomic mass is 10.1. The molecule has 3 aromatic carbocycles. The Balaban J connectivity index is 1.33. The monoisotopic (exact) mass is 493 g/mol. The summed E-state index contributed by atoms with van der Waals surface area (Å²) in [6.07, 6.45) is 0. The van der Waals surface area contributed by atoms with E-state index in [2.05, 4.69) is 28.9 Å². The Morgan fingerprint density at radius 2 is 1.76 bits per heavy atom. The van der Waals surface area contributed by atoms with Crippen molar-refractivity contribution in [1.82, 2.24) is 14.9 Å². The maximum absolute atomic E-state index is 12.3. The van der Waals surface area contributed by atoms with Crippen molar-refractivity contribution in [1.29, 1.82) is 0 Å². The lowest BCUT2D eigenvalue weighted by Crippen LogP contribution is -2.28. The molecule has 0 fully saturated rings. The molecule has 1 amide bonds. The topological polar surface area (TPSA) is 73.2 Å². The van der Waals surface area contributed by atoms with E-state index in [9.17, 15) is 9.59 Å². The van der Waals surface area contributed by atoms with E-state index in [0.29, 0.717) is 18.1 Å². The van der Waals surface area contributed by atoms with Gasteiger partial charge in [-0.15, -0.1) is 0 Å². The minimum atomic E-state index is -0.471. The van der Waals surface area contributed by atoms with E-state index in [1.54, 1.807) is 12.1 Å².